The van der Waals surface area contributed by atoms with Gasteiger partial charge < -0.3 is 10.1 Å². The average Bonchev–Trinajstić information content (AvgIpc) is 2.42. The van der Waals surface area contributed by atoms with Crippen LogP contribution in [-0.4, -0.2) is 12.1 Å². The topological polar surface area (TPSA) is 34.1 Å². The van der Waals surface area contributed by atoms with Crippen molar-refractivity contribution in [2.24, 2.45) is 0 Å². The first-order valence-corrected chi connectivity index (χ1v) is 6.20. The SMILES string of the molecule is COc1cc(C(C)Nc2cccnc2Cl)ccc1F. The maximum Gasteiger partial charge on any atom is 0.165 e. The molecule has 0 aliphatic carbocycles. The quantitative estimate of drug-likeness (QED) is 0.858. The summed E-state index contributed by atoms with van der Waals surface area (Å²) in [5, 5.41) is 3.63. The fraction of sp³-hybridized carbons (Fsp3) is 0.214. The van der Waals surface area contributed by atoms with Crippen molar-refractivity contribution < 1.29 is 9.13 Å². The number of hydrogen-bond donors (Lipinski definition) is 1. The molecule has 1 N–H and O–H groups in total. The molecule has 0 amide bonds. The minimum absolute atomic E-state index is 0.0452. The summed E-state index contributed by atoms with van der Waals surface area (Å²) in [5.41, 5.74) is 1.64. The monoisotopic (exact) mass is 280 g/mol. The van der Waals surface area contributed by atoms with Crippen LogP contribution in [0.3, 0.4) is 0 Å². The van der Waals surface area contributed by atoms with Gasteiger partial charge in [-0.15, -0.1) is 0 Å². The summed E-state index contributed by atoms with van der Waals surface area (Å²) in [6, 6.07) is 8.35. The Labute approximate surface area is 116 Å². The Hall–Kier alpha value is -1.81. The number of hydrogen-bond acceptors (Lipinski definition) is 3. The lowest BCUT2D eigenvalue weighted by atomic mass is 10.1. The Bertz CT molecular complexity index is 577. The van der Waals surface area contributed by atoms with Crippen LogP contribution < -0.4 is 10.1 Å². The summed E-state index contributed by atoms with van der Waals surface area (Å²) in [6.45, 7) is 1.95. The van der Waals surface area contributed by atoms with Crippen LogP contribution in [0.5, 0.6) is 5.75 Å². The van der Waals surface area contributed by atoms with Gasteiger partial charge in [-0.1, -0.05) is 17.7 Å². The molecule has 0 bridgehead atoms. The zero-order chi connectivity index (χ0) is 13.8. The van der Waals surface area contributed by atoms with Gasteiger partial charge in [-0.3, -0.25) is 0 Å². The van der Waals surface area contributed by atoms with Crippen LogP contribution in [0.15, 0.2) is 36.5 Å². The molecule has 0 fully saturated rings. The van der Waals surface area contributed by atoms with Gasteiger partial charge in [0.05, 0.1) is 12.8 Å². The highest BCUT2D eigenvalue weighted by Crippen LogP contribution is 2.27. The largest absolute Gasteiger partial charge is 0.494 e. The van der Waals surface area contributed by atoms with E-state index in [1.165, 1.54) is 13.2 Å². The van der Waals surface area contributed by atoms with E-state index in [-0.39, 0.29) is 17.6 Å². The lowest BCUT2D eigenvalue weighted by Gasteiger charge is -2.17. The van der Waals surface area contributed by atoms with Gasteiger partial charge in [0.15, 0.2) is 16.7 Å². The van der Waals surface area contributed by atoms with E-state index in [2.05, 4.69) is 10.3 Å². The fourth-order valence-electron chi connectivity index (χ4n) is 1.76. The molecule has 0 saturated heterocycles. The highest BCUT2D eigenvalue weighted by molar-refractivity contribution is 6.31. The first-order chi connectivity index (χ1) is 9.11. The number of rotatable bonds is 4. The van der Waals surface area contributed by atoms with Crippen LogP contribution in [0.25, 0.3) is 0 Å². The molecule has 5 heteroatoms. The van der Waals surface area contributed by atoms with Gasteiger partial charge in [0.2, 0.25) is 0 Å². The molecule has 1 unspecified atom stereocenters. The molecule has 100 valence electrons. The third kappa shape index (κ3) is 3.15. The molecule has 3 nitrogen and oxygen atoms in total. The molecule has 19 heavy (non-hydrogen) atoms. The van der Waals surface area contributed by atoms with Crippen molar-refractivity contribution in [1.29, 1.82) is 0 Å². The molecule has 1 heterocycles. The number of nitrogens with one attached hydrogen (secondary N) is 1. The van der Waals surface area contributed by atoms with E-state index >= 15 is 0 Å². The van der Waals surface area contributed by atoms with Crippen molar-refractivity contribution in [3.63, 3.8) is 0 Å². The molecule has 0 radical (unpaired) electrons. The minimum atomic E-state index is -0.377. The highest BCUT2D eigenvalue weighted by atomic mass is 35.5. The van der Waals surface area contributed by atoms with Crippen LogP contribution in [0.2, 0.25) is 5.15 Å². The molecule has 1 aromatic heterocycles. The Balaban J connectivity index is 2.20. The van der Waals surface area contributed by atoms with Crippen molar-refractivity contribution in [2.45, 2.75) is 13.0 Å². The zero-order valence-electron chi connectivity index (χ0n) is 10.7. The van der Waals surface area contributed by atoms with E-state index in [0.29, 0.717) is 5.15 Å². The summed E-state index contributed by atoms with van der Waals surface area (Å²) in [6.07, 6.45) is 1.62. The van der Waals surface area contributed by atoms with Crippen molar-refractivity contribution in [1.82, 2.24) is 4.98 Å². The number of anilines is 1. The third-order valence-corrected chi connectivity index (χ3v) is 3.11. The molecule has 2 aromatic rings. The Morgan fingerprint density at radius 2 is 2.16 bits per heavy atom. The van der Waals surface area contributed by atoms with Gasteiger partial charge in [-0.05, 0) is 36.8 Å². The predicted molar refractivity (Wildman–Crippen MR) is 74.2 cm³/mol. The normalized spacial score (nSPS) is 12.0. The number of methoxy groups -OCH3 is 1. The summed E-state index contributed by atoms with van der Waals surface area (Å²) < 4.78 is 18.3. The molecule has 0 aliphatic rings. The van der Waals surface area contributed by atoms with Crippen molar-refractivity contribution in [2.75, 3.05) is 12.4 Å². The smallest absolute Gasteiger partial charge is 0.165 e. The first-order valence-electron chi connectivity index (χ1n) is 5.82. The van der Waals surface area contributed by atoms with Gasteiger partial charge in [0, 0.05) is 12.2 Å². The van der Waals surface area contributed by atoms with Crippen molar-refractivity contribution >= 4 is 17.3 Å². The molecule has 1 aromatic carbocycles. The van der Waals surface area contributed by atoms with Crippen LogP contribution >= 0.6 is 11.6 Å². The van der Waals surface area contributed by atoms with Gasteiger partial charge in [0.1, 0.15) is 0 Å². The van der Waals surface area contributed by atoms with Gasteiger partial charge in [-0.2, -0.15) is 0 Å². The maximum atomic E-state index is 13.3. The molecule has 2 rings (SSSR count). The zero-order valence-corrected chi connectivity index (χ0v) is 11.4. The van der Waals surface area contributed by atoms with E-state index < -0.39 is 0 Å². The molecule has 0 spiro atoms. The number of aromatic nitrogens is 1. The Morgan fingerprint density at radius 1 is 1.37 bits per heavy atom. The lowest BCUT2D eigenvalue weighted by Crippen LogP contribution is -2.07. The fourth-order valence-corrected chi connectivity index (χ4v) is 1.93. The molecule has 0 aliphatic heterocycles. The number of nitrogens with zero attached hydrogens (tertiary/aromatic N) is 1. The van der Waals surface area contributed by atoms with Gasteiger partial charge in [-0.25, -0.2) is 9.37 Å². The minimum Gasteiger partial charge on any atom is -0.494 e. The standard InChI is InChI=1S/C14H14ClFN2O/c1-9(18-12-4-3-7-17-14(12)15)10-5-6-11(16)13(8-10)19-2/h3-9,18H,1-2H3. The third-order valence-electron chi connectivity index (χ3n) is 2.81. The maximum absolute atomic E-state index is 13.3. The summed E-state index contributed by atoms with van der Waals surface area (Å²) >= 11 is 5.98. The van der Waals surface area contributed by atoms with E-state index in [1.54, 1.807) is 24.4 Å². The van der Waals surface area contributed by atoms with Crippen LogP contribution in [0, 0.1) is 5.82 Å². The Kier molecular flexibility index (Phi) is 4.22. The van der Waals surface area contributed by atoms with E-state index in [4.69, 9.17) is 16.3 Å². The van der Waals surface area contributed by atoms with Gasteiger partial charge >= 0.3 is 0 Å². The van der Waals surface area contributed by atoms with Crippen LogP contribution in [0.1, 0.15) is 18.5 Å². The molecular formula is C14H14ClFN2O. The average molecular weight is 281 g/mol. The first kappa shape index (κ1) is 13.6. The second-order valence-corrected chi connectivity index (χ2v) is 4.46. The predicted octanol–water partition coefficient (Wildman–Crippen LogP) is 4.06. The summed E-state index contributed by atoms with van der Waals surface area (Å²) in [4.78, 5) is 3.99. The van der Waals surface area contributed by atoms with Crippen molar-refractivity contribution in [3.05, 3.63) is 53.1 Å². The second-order valence-electron chi connectivity index (χ2n) is 4.10. The summed E-state index contributed by atoms with van der Waals surface area (Å²) in [5.74, 6) is -0.152. The number of ether oxygens (including phenoxy) is 1. The lowest BCUT2D eigenvalue weighted by molar-refractivity contribution is 0.385. The number of benzene rings is 1. The Morgan fingerprint density at radius 3 is 2.84 bits per heavy atom. The molecule has 1 atom stereocenters. The van der Waals surface area contributed by atoms with E-state index in [9.17, 15) is 4.39 Å². The second kappa shape index (κ2) is 5.89. The molecule has 0 saturated carbocycles. The number of pyridine rings is 1. The van der Waals surface area contributed by atoms with Crippen LogP contribution in [-0.2, 0) is 0 Å². The van der Waals surface area contributed by atoms with Gasteiger partial charge in [0.25, 0.3) is 0 Å². The molecular weight excluding hydrogens is 267 g/mol. The van der Waals surface area contributed by atoms with Crippen LogP contribution in [0.4, 0.5) is 10.1 Å². The van der Waals surface area contributed by atoms with Crippen molar-refractivity contribution in [3.8, 4) is 5.75 Å². The highest BCUT2D eigenvalue weighted by Gasteiger charge is 2.11. The number of halogens is 2. The van der Waals surface area contributed by atoms with E-state index in [0.717, 1.165) is 11.3 Å². The van der Waals surface area contributed by atoms with E-state index in [1.807, 2.05) is 13.0 Å². The summed E-state index contributed by atoms with van der Waals surface area (Å²) in [7, 11) is 1.44.